The van der Waals surface area contributed by atoms with Crippen molar-refractivity contribution in [1.29, 1.82) is 0 Å². The van der Waals surface area contributed by atoms with Gasteiger partial charge in [-0.25, -0.2) is 9.78 Å². The largest absolute Gasteiger partial charge is 0.478 e. The molecule has 8 rings (SSSR count). The molecule has 0 saturated heterocycles. The highest BCUT2D eigenvalue weighted by atomic mass is 16.4. The Morgan fingerprint density at radius 1 is 0.511 bits per heavy atom. The second-order valence-corrected chi connectivity index (χ2v) is 12.3. The lowest BCUT2D eigenvalue weighted by Crippen LogP contribution is -1.95. The lowest BCUT2D eigenvalue weighted by molar-refractivity contribution is 0.0699. The van der Waals surface area contributed by atoms with E-state index in [1.54, 1.807) is 6.07 Å². The second kappa shape index (κ2) is 11.0. The molecule has 1 aliphatic rings. The molecule has 6 heteroatoms. The van der Waals surface area contributed by atoms with Gasteiger partial charge in [-0.1, -0.05) is 89.5 Å². The molecule has 0 amide bonds. The highest BCUT2D eigenvalue weighted by Crippen LogP contribution is 2.37. The SMILES string of the molecule is Cc1ccc(-c2c3nc(c4cc(C(=O)O)c([nH]4)c(-c4ccc(C)cc4)c4ccc([nH]4)c(-c4ccc(C)cc4)c4ccc2[nH]4)C=C3)cc1. The van der Waals surface area contributed by atoms with Gasteiger partial charge in [0.2, 0.25) is 0 Å². The van der Waals surface area contributed by atoms with Gasteiger partial charge in [-0.2, -0.15) is 0 Å². The third kappa shape index (κ3) is 5.00. The van der Waals surface area contributed by atoms with Crippen molar-refractivity contribution in [1.82, 2.24) is 19.9 Å². The molecule has 0 spiro atoms. The van der Waals surface area contributed by atoms with Crippen molar-refractivity contribution in [3.8, 4) is 33.4 Å². The molecule has 5 heterocycles. The lowest BCUT2D eigenvalue weighted by Gasteiger charge is -2.06. The van der Waals surface area contributed by atoms with Gasteiger partial charge in [0.15, 0.2) is 0 Å². The van der Waals surface area contributed by atoms with Crippen LogP contribution in [0, 0.1) is 20.8 Å². The van der Waals surface area contributed by atoms with E-state index in [1.165, 1.54) is 11.1 Å². The van der Waals surface area contributed by atoms with Crippen molar-refractivity contribution in [2.75, 3.05) is 0 Å². The first-order valence-corrected chi connectivity index (χ1v) is 15.6. The van der Waals surface area contributed by atoms with Crippen LogP contribution in [0.15, 0.2) is 103 Å². The zero-order valence-electron chi connectivity index (χ0n) is 26.3. The van der Waals surface area contributed by atoms with Crippen LogP contribution in [0.1, 0.15) is 38.4 Å². The van der Waals surface area contributed by atoms with E-state index < -0.39 is 5.97 Å². The molecule has 0 aliphatic carbocycles. The van der Waals surface area contributed by atoms with Gasteiger partial charge < -0.3 is 20.1 Å². The number of nitrogens with zero attached hydrogens (tertiary/aromatic N) is 1. The van der Waals surface area contributed by atoms with Gasteiger partial charge in [0.1, 0.15) is 0 Å². The number of carbonyl (C=O) groups is 1. The van der Waals surface area contributed by atoms with Crippen molar-refractivity contribution in [2.45, 2.75) is 20.8 Å². The molecule has 1 aliphatic heterocycles. The predicted molar refractivity (Wildman–Crippen MR) is 193 cm³/mol. The fourth-order valence-corrected chi connectivity index (χ4v) is 6.48. The molecule has 0 radical (unpaired) electrons. The van der Waals surface area contributed by atoms with Crippen LogP contribution < -0.4 is 0 Å². The number of carboxylic acids is 1. The first-order valence-electron chi connectivity index (χ1n) is 15.6. The van der Waals surface area contributed by atoms with Crippen molar-refractivity contribution in [2.24, 2.45) is 0 Å². The topological polar surface area (TPSA) is 97.6 Å². The van der Waals surface area contributed by atoms with Gasteiger partial charge in [0.05, 0.1) is 28.0 Å². The maximum absolute atomic E-state index is 12.8. The van der Waals surface area contributed by atoms with E-state index >= 15 is 0 Å². The zero-order chi connectivity index (χ0) is 32.2. The number of fused-ring (bicyclic) bond motifs is 9. The van der Waals surface area contributed by atoms with Crippen LogP contribution in [0.3, 0.4) is 0 Å². The van der Waals surface area contributed by atoms with E-state index in [2.05, 4.69) is 95.5 Å². The Morgan fingerprint density at radius 3 is 1.45 bits per heavy atom. The summed E-state index contributed by atoms with van der Waals surface area (Å²) in [5.74, 6) is -1.01. The minimum atomic E-state index is -1.01. The van der Waals surface area contributed by atoms with Crippen molar-refractivity contribution >= 4 is 51.2 Å². The Balaban J connectivity index is 1.59. The molecule has 3 aromatic carbocycles. The van der Waals surface area contributed by atoms with Gasteiger partial charge in [0.25, 0.3) is 0 Å². The van der Waals surface area contributed by atoms with E-state index in [9.17, 15) is 9.90 Å². The van der Waals surface area contributed by atoms with E-state index in [0.717, 1.165) is 66.7 Å². The number of H-pyrrole nitrogens is 3. The molecule has 7 aromatic rings. The summed E-state index contributed by atoms with van der Waals surface area (Å²) in [5.41, 5.74) is 15.6. The predicted octanol–water partition coefficient (Wildman–Crippen LogP) is 10.3. The van der Waals surface area contributed by atoms with Gasteiger partial charge in [0, 0.05) is 38.8 Å². The molecule has 4 aromatic heterocycles. The first kappa shape index (κ1) is 28.3. The van der Waals surface area contributed by atoms with Crippen molar-refractivity contribution < 1.29 is 9.90 Å². The number of hydrogen-bond donors (Lipinski definition) is 4. The zero-order valence-corrected chi connectivity index (χ0v) is 26.3. The maximum atomic E-state index is 12.8. The molecule has 6 nitrogen and oxygen atoms in total. The monoisotopic (exact) mass is 612 g/mol. The van der Waals surface area contributed by atoms with E-state index in [0.29, 0.717) is 16.7 Å². The number of rotatable bonds is 4. The normalized spacial score (nSPS) is 11.8. The summed E-state index contributed by atoms with van der Waals surface area (Å²) < 4.78 is 0. The van der Waals surface area contributed by atoms with E-state index in [1.807, 2.05) is 49.4 Å². The molecular weight excluding hydrogens is 580 g/mol. The van der Waals surface area contributed by atoms with Crippen LogP contribution in [0.5, 0.6) is 0 Å². The Labute approximate surface area is 271 Å². The maximum Gasteiger partial charge on any atom is 0.337 e. The molecular formula is C41H32N4O2. The molecule has 4 N–H and O–H groups in total. The molecule has 228 valence electrons. The molecule has 0 fully saturated rings. The van der Waals surface area contributed by atoms with Gasteiger partial charge in [-0.05, 0) is 79.9 Å². The van der Waals surface area contributed by atoms with Crippen molar-refractivity contribution in [3.05, 3.63) is 137 Å². The van der Waals surface area contributed by atoms with Crippen LogP contribution in [-0.4, -0.2) is 31.0 Å². The molecule has 8 bridgehead atoms. The third-order valence-corrected chi connectivity index (χ3v) is 8.94. The summed E-state index contributed by atoms with van der Waals surface area (Å²) in [7, 11) is 0. The lowest BCUT2D eigenvalue weighted by atomic mass is 10.0. The molecule has 0 unspecified atom stereocenters. The summed E-state index contributed by atoms with van der Waals surface area (Å²) in [4.78, 5) is 28.8. The minimum Gasteiger partial charge on any atom is -0.478 e. The highest BCUT2D eigenvalue weighted by molar-refractivity contribution is 6.08. The second-order valence-electron chi connectivity index (χ2n) is 12.3. The first-order chi connectivity index (χ1) is 22.8. The van der Waals surface area contributed by atoms with Crippen molar-refractivity contribution in [3.63, 3.8) is 0 Å². The Morgan fingerprint density at radius 2 is 0.936 bits per heavy atom. The fraction of sp³-hybridized carbons (Fsp3) is 0.0732. The van der Waals surface area contributed by atoms with Gasteiger partial charge >= 0.3 is 5.97 Å². The average Bonchev–Trinajstić information content (AvgIpc) is 3.89. The quantitative estimate of drug-likeness (QED) is 0.159. The van der Waals surface area contributed by atoms with Crippen LogP contribution in [0.2, 0.25) is 0 Å². The number of benzene rings is 3. The Bertz CT molecular complexity index is 2490. The number of nitrogens with one attached hydrogen (secondary N) is 3. The number of aromatic nitrogens is 4. The summed E-state index contributed by atoms with van der Waals surface area (Å²) in [6, 6.07) is 35.2. The van der Waals surface area contributed by atoms with E-state index in [-0.39, 0.29) is 5.56 Å². The van der Waals surface area contributed by atoms with Gasteiger partial charge in [-0.3, -0.25) is 0 Å². The fourth-order valence-electron chi connectivity index (χ4n) is 6.48. The molecule has 0 atom stereocenters. The number of carboxylic acid groups (broad SMARTS) is 1. The summed E-state index contributed by atoms with van der Waals surface area (Å²) in [6.07, 6.45) is 3.95. The van der Waals surface area contributed by atoms with Crippen LogP contribution in [0.4, 0.5) is 0 Å². The summed E-state index contributed by atoms with van der Waals surface area (Å²) >= 11 is 0. The molecule has 0 saturated carbocycles. The third-order valence-electron chi connectivity index (χ3n) is 8.94. The minimum absolute atomic E-state index is 0.181. The Kier molecular flexibility index (Phi) is 6.65. The Hall–Kier alpha value is -6.14. The van der Waals surface area contributed by atoms with Crippen LogP contribution in [0.25, 0.3) is 78.6 Å². The number of aromatic amines is 3. The summed E-state index contributed by atoms with van der Waals surface area (Å²) in [6.45, 7) is 6.21. The van der Waals surface area contributed by atoms with Gasteiger partial charge in [-0.15, -0.1) is 0 Å². The van der Waals surface area contributed by atoms with E-state index in [4.69, 9.17) is 4.98 Å². The smallest absolute Gasteiger partial charge is 0.337 e. The van der Waals surface area contributed by atoms with Crippen LogP contribution >= 0.6 is 0 Å². The van der Waals surface area contributed by atoms with Crippen LogP contribution in [-0.2, 0) is 0 Å². The molecule has 47 heavy (non-hydrogen) atoms. The average molecular weight is 613 g/mol. The number of hydrogen-bond acceptors (Lipinski definition) is 2. The number of aryl methyl sites for hydroxylation is 3. The number of aromatic carboxylic acids is 1. The standard InChI is InChI=1S/C41H32N4O2/c1-23-4-10-26(11-5-23)37-31-17-16-30(42-31)36-22-29(41(46)47)40(45-36)39(28-14-8-25(3)9-15-28)35-21-20-34(44-35)38(33-19-18-32(37)43-33)27-12-6-24(2)7-13-27/h4-22,43-45H,1-3H3,(H,46,47). The highest BCUT2D eigenvalue weighted by Gasteiger charge is 2.19. The summed E-state index contributed by atoms with van der Waals surface area (Å²) in [5, 5.41) is 10.5.